The quantitative estimate of drug-likeness (QED) is 0.359. The maximum absolute atomic E-state index is 5.35. The molecule has 0 rings (SSSR count). The molecular weight excluding hydrogens is 152 g/mol. The van der Waals surface area contributed by atoms with E-state index in [1.807, 2.05) is 13.8 Å². The normalized spacial score (nSPS) is 15.7. The second kappa shape index (κ2) is 6.17. The van der Waals surface area contributed by atoms with Gasteiger partial charge in [-0.1, -0.05) is 12.2 Å². The SMILES string of the molecule is C=C(C)C(CCC(C)OC)NN. The Hall–Kier alpha value is -0.380. The van der Waals surface area contributed by atoms with Gasteiger partial charge in [-0.3, -0.25) is 11.3 Å². The molecule has 0 aromatic rings. The van der Waals surface area contributed by atoms with Crippen molar-refractivity contribution in [2.75, 3.05) is 7.11 Å². The standard InChI is InChI=1S/C9H20N2O/c1-7(2)9(11-10)6-5-8(3)12-4/h8-9,11H,1,5-6,10H2,2-4H3. The maximum Gasteiger partial charge on any atom is 0.0543 e. The molecule has 0 saturated carbocycles. The Morgan fingerprint density at radius 2 is 2.17 bits per heavy atom. The average molecular weight is 172 g/mol. The minimum Gasteiger partial charge on any atom is -0.382 e. The fraction of sp³-hybridized carbons (Fsp3) is 0.778. The van der Waals surface area contributed by atoms with Crippen LogP contribution in [0, 0.1) is 0 Å². The lowest BCUT2D eigenvalue weighted by molar-refractivity contribution is 0.107. The van der Waals surface area contributed by atoms with Gasteiger partial charge in [0.15, 0.2) is 0 Å². The highest BCUT2D eigenvalue weighted by atomic mass is 16.5. The Kier molecular flexibility index (Phi) is 5.98. The topological polar surface area (TPSA) is 47.3 Å². The first kappa shape index (κ1) is 11.6. The van der Waals surface area contributed by atoms with Crippen LogP contribution in [0.3, 0.4) is 0 Å². The highest BCUT2D eigenvalue weighted by molar-refractivity contribution is 5.00. The predicted molar refractivity (Wildman–Crippen MR) is 51.6 cm³/mol. The van der Waals surface area contributed by atoms with Gasteiger partial charge in [0.05, 0.1) is 6.10 Å². The van der Waals surface area contributed by atoms with E-state index in [2.05, 4.69) is 12.0 Å². The van der Waals surface area contributed by atoms with Crippen molar-refractivity contribution in [3.8, 4) is 0 Å². The van der Waals surface area contributed by atoms with Crippen LogP contribution in [0.4, 0.5) is 0 Å². The van der Waals surface area contributed by atoms with Gasteiger partial charge in [0.25, 0.3) is 0 Å². The third kappa shape index (κ3) is 4.49. The fourth-order valence-corrected chi connectivity index (χ4v) is 0.991. The summed E-state index contributed by atoms with van der Waals surface area (Å²) in [5.41, 5.74) is 3.80. The fourth-order valence-electron chi connectivity index (χ4n) is 0.991. The van der Waals surface area contributed by atoms with Crippen LogP contribution < -0.4 is 11.3 Å². The van der Waals surface area contributed by atoms with Crippen molar-refractivity contribution >= 4 is 0 Å². The van der Waals surface area contributed by atoms with Crippen LogP contribution in [0.5, 0.6) is 0 Å². The molecule has 0 radical (unpaired) electrons. The molecule has 0 saturated heterocycles. The van der Waals surface area contributed by atoms with Crippen molar-refractivity contribution in [3.63, 3.8) is 0 Å². The van der Waals surface area contributed by atoms with Gasteiger partial charge in [-0.25, -0.2) is 0 Å². The van der Waals surface area contributed by atoms with Crippen LogP contribution in [0.2, 0.25) is 0 Å². The molecule has 0 aliphatic heterocycles. The molecule has 2 atom stereocenters. The predicted octanol–water partition coefficient (Wildman–Crippen LogP) is 1.21. The van der Waals surface area contributed by atoms with E-state index in [1.54, 1.807) is 7.11 Å². The monoisotopic (exact) mass is 172 g/mol. The second-order valence-corrected chi connectivity index (χ2v) is 3.19. The number of rotatable bonds is 6. The first-order valence-electron chi connectivity index (χ1n) is 4.26. The molecule has 0 aromatic heterocycles. The summed E-state index contributed by atoms with van der Waals surface area (Å²) in [6.45, 7) is 7.87. The molecule has 3 N–H and O–H groups in total. The molecule has 0 heterocycles. The van der Waals surface area contributed by atoms with Crippen molar-refractivity contribution < 1.29 is 4.74 Å². The van der Waals surface area contributed by atoms with Gasteiger partial charge in [0.1, 0.15) is 0 Å². The zero-order valence-corrected chi connectivity index (χ0v) is 8.26. The molecule has 0 spiro atoms. The Labute approximate surface area is 74.9 Å². The summed E-state index contributed by atoms with van der Waals surface area (Å²) in [4.78, 5) is 0. The maximum atomic E-state index is 5.35. The zero-order chi connectivity index (χ0) is 9.56. The van der Waals surface area contributed by atoms with Gasteiger partial charge >= 0.3 is 0 Å². The lowest BCUT2D eigenvalue weighted by atomic mass is 10.0. The summed E-state index contributed by atoms with van der Waals surface area (Å²) in [5, 5.41) is 0. The second-order valence-electron chi connectivity index (χ2n) is 3.19. The summed E-state index contributed by atoms with van der Waals surface area (Å²) in [6, 6.07) is 0.211. The summed E-state index contributed by atoms with van der Waals surface area (Å²) in [6.07, 6.45) is 2.26. The van der Waals surface area contributed by atoms with E-state index in [0.29, 0.717) is 6.10 Å². The molecule has 0 amide bonds. The lowest BCUT2D eigenvalue weighted by Gasteiger charge is -2.17. The van der Waals surface area contributed by atoms with Gasteiger partial charge < -0.3 is 4.74 Å². The van der Waals surface area contributed by atoms with E-state index >= 15 is 0 Å². The molecule has 0 aromatic carbocycles. The number of hydrogen-bond donors (Lipinski definition) is 2. The molecule has 3 nitrogen and oxygen atoms in total. The Balaban J connectivity index is 3.65. The first-order chi connectivity index (χ1) is 5.61. The third-order valence-corrected chi connectivity index (χ3v) is 2.06. The summed E-state index contributed by atoms with van der Waals surface area (Å²) in [5.74, 6) is 5.35. The molecule has 3 heteroatoms. The van der Waals surface area contributed by atoms with Crippen LogP contribution in [-0.2, 0) is 4.74 Å². The van der Waals surface area contributed by atoms with Gasteiger partial charge in [-0.2, -0.15) is 0 Å². The number of methoxy groups -OCH3 is 1. The van der Waals surface area contributed by atoms with Crippen LogP contribution in [-0.4, -0.2) is 19.3 Å². The lowest BCUT2D eigenvalue weighted by Crippen LogP contribution is -2.36. The number of ether oxygens (including phenoxy) is 1. The highest BCUT2D eigenvalue weighted by Gasteiger charge is 2.08. The van der Waals surface area contributed by atoms with Gasteiger partial charge in [-0.15, -0.1) is 0 Å². The molecular formula is C9H20N2O. The molecule has 72 valence electrons. The Morgan fingerprint density at radius 3 is 2.50 bits per heavy atom. The number of hydrazine groups is 1. The van der Waals surface area contributed by atoms with E-state index in [0.717, 1.165) is 18.4 Å². The van der Waals surface area contributed by atoms with E-state index in [-0.39, 0.29) is 6.04 Å². The van der Waals surface area contributed by atoms with Crippen molar-refractivity contribution in [1.29, 1.82) is 0 Å². The number of hydrogen-bond acceptors (Lipinski definition) is 3. The smallest absolute Gasteiger partial charge is 0.0543 e. The number of nitrogens with one attached hydrogen (secondary N) is 1. The Bertz CT molecular complexity index is 136. The van der Waals surface area contributed by atoms with E-state index in [4.69, 9.17) is 10.6 Å². The minimum absolute atomic E-state index is 0.211. The molecule has 0 fully saturated rings. The summed E-state index contributed by atoms with van der Waals surface area (Å²) < 4.78 is 5.13. The first-order valence-corrected chi connectivity index (χ1v) is 4.26. The van der Waals surface area contributed by atoms with Gasteiger partial charge in [0, 0.05) is 13.2 Å². The molecule has 12 heavy (non-hydrogen) atoms. The molecule has 2 unspecified atom stereocenters. The zero-order valence-electron chi connectivity index (χ0n) is 8.26. The third-order valence-electron chi connectivity index (χ3n) is 2.06. The molecule has 0 aliphatic carbocycles. The molecule has 0 aliphatic rings. The van der Waals surface area contributed by atoms with Gasteiger partial charge in [0.2, 0.25) is 0 Å². The van der Waals surface area contributed by atoms with Crippen LogP contribution in [0.1, 0.15) is 26.7 Å². The van der Waals surface area contributed by atoms with Crippen LogP contribution in [0.25, 0.3) is 0 Å². The van der Waals surface area contributed by atoms with Crippen LogP contribution >= 0.6 is 0 Å². The van der Waals surface area contributed by atoms with E-state index in [9.17, 15) is 0 Å². The van der Waals surface area contributed by atoms with Crippen molar-refractivity contribution in [1.82, 2.24) is 5.43 Å². The molecule has 0 bridgehead atoms. The Morgan fingerprint density at radius 1 is 1.58 bits per heavy atom. The van der Waals surface area contributed by atoms with Gasteiger partial charge in [-0.05, 0) is 26.7 Å². The number of nitrogens with two attached hydrogens (primary N) is 1. The average Bonchev–Trinajstić information content (AvgIpc) is 2.04. The largest absolute Gasteiger partial charge is 0.382 e. The summed E-state index contributed by atoms with van der Waals surface area (Å²) in [7, 11) is 1.72. The van der Waals surface area contributed by atoms with Crippen LogP contribution in [0.15, 0.2) is 12.2 Å². The van der Waals surface area contributed by atoms with Crippen molar-refractivity contribution in [3.05, 3.63) is 12.2 Å². The van der Waals surface area contributed by atoms with Crippen molar-refractivity contribution in [2.24, 2.45) is 5.84 Å². The van der Waals surface area contributed by atoms with E-state index < -0.39 is 0 Å². The minimum atomic E-state index is 0.211. The summed E-state index contributed by atoms with van der Waals surface area (Å²) >= 11 is 0. The van der Waals surface area contributed by atoms with E-state index in [1.165, 1.54) is 0 Å². The van der Waals surface area contributed by atoms with Crippen molar-refractivity contribution in [2.45, 2.75) is 38.8 Å². The highest BCUT2D eigenvalue weighted by Crippen LogP contribution is 2.08.